The standard InChI is InChI=1S/C72H129NO10/c1-4-7-10-13-16-19-22-25-27-29-31-33-35-37-39-42-45-48-51-54-57-60-67(77)83-70-69(79)68(78)66(61-74)82-72(70)81-62-63(64(75)58-55-52-49-46-43-40-24-21-18-15-12-9-6-3)73-71(80)65(76)59-56-53-50-47-44-41-38-36-34-32-30-28-26-23-20-17-14-11-8-5-2/h8,11,17,20,26,28,32,34,38,41,55,58,63-66,68-70,72,74-76,78-79H,4-7,9-10,12-16,18-19,21-25,27,29-31,33,35-37,39-40,42-54,56-57,59-62H2,1-3H3,(H,73,80)/b11-8-,20-17-,28-26-,34-32-,41-38-,58-55+. The first-order valence-corrected chi connectivity index (χ1v) is 34.7. The lowest BCUT2D eigenvalue weighted by molar-refractivity contribution is -0.305. The van der Waals surface area contributed by atoms with Crippen molar-refractivity contribution in [2.24, 2.45) is 0 Å². The van der Waals surface area contributed by atoms with Gasteiger partial charge in [-0.1, -0.05) is 306 Å². The number of ether oxygens (including phenoxy) is 3. The van der Waals surface area contributed by atoms with E-state index in [9.17, 15) is 35.1 Å². The SMILES string of the molecule is CC/C=C\C/C=C\C/C=C\C/C=C\C/C=C\CCCCCCC(O)C(=O)NC(COC1OC(CO)C(O)C(O)C1OC(=O)CCCCCCCCCCCCCCCCCCCCCCC)C(O)/C=C/CCCCCCCCCCCCC. The van der Waals surface area contributed by atoms with Gasteiger partial charge in [0.1, 0.15) is 24.4 Å². The monoisotopic (exact) mass is 1170 g/mol. The van der Waals surface area contributed by atoms with E-state index >= 15 is 0 Å². The molecule has 83 heavy (non-hydrogen) atoms. The summed E-state index contributed by atoms with van der Waals surface area (Å²) in [5.74, 6) is -1.21. The predicted molar refractivity (Wildman–Crippen MR) is 347 cm³/mol. The molecule has 1 fully saturated rings. The van der Waals surface area contributed by atoms with Gasteiger partial charge in [0.2, 0.25) is 5.91 Å². The van der Waals surface area contributed by atoms with Crippen molar-refractivity contribution in [1.29, 1.82) is 0 Å². The maximum Gasteiger partial charge on any atom is 0.306 e. The van der Waals surface area contributed by atoms with Gasteiger partial charge in [0.15, 0.2) is 12.4 Å². The zero-order valence-electron chi connectivity index (χ0n) is 53.6. The summed E-state index contributed by atoms with van der Waals surface area (Å²) in [4.78, 5) is 26.7. The van der Waals surface area contributed by atoms with Crippen LogP contribution in [0.3, 0.4) is 0 Å². The Morgan fingerprint density at radius 2 is 0.867 bits per heavy atom. The Morgan fingerprint density at radius 1 is 0.482 bits per heavy atom. The quantitative estimate of drug-likeness (QED) is 0.0195. The Labute approximate surface area is 509 Å². The van der Waals surface area contributed by atoms with Crippen LogP contribution in [0.1, 0.15) is 310 Å². The number of aliphatic hydroxyl groups excluding tert-OH is 5. The van der Waals surface area contributed by atoms with Gasteiger partial charge in [-0.15, -0.1) is 0 Å². The van der Waals surface area contributed by atoms with Crippen molar-refractivity contribution in [2.75, 3.05) is 13.2 Å². The van der Waals surface area contributed by atoms with E-state index in [4.69, 9.17) is 14.2 Å². The van der Waals surface area contributed by atoms with E-state index in [1.165, 1.54) is 167 Å². The summed E-state index contributed by atoms with van der Waals surface area (Å²) >= 11 is 0. The Kier molecular flexibility index (Phi) is 55.9. The summed E-state index contributed by atoms with van der Waals surface area (Å²) in [7, 11) is 0. The van der Waals surface area contributed by atoms with Crippen LogP contribution in [0.15, 0.2) is 72.9 Å². The van der Waals surface area contributed by atoms with E-state index in [0.29, 0.717) is 12.8 Å². The third kappa shape index (κ3) is 46.9. The van der Waals surface area contributed by atoms with Gasteiger partial charge < -0.3 is 45.1 Å². The molecule has 1 amide bonds. The van der Waals surface area contributed by atoms with Gasteiger partial charge in [0.25, 0.3) is 0 Å². The molecule has 6 N–H and O–H groups in total. The molecule has 1 saturated heterocycles. The average Bonchev–Trinajstić information content (AvgIpc) is 3.54. The Bertz CT molecular complexity index is 1630. The van der Waals surface area contributed by atoms with Crippen molar-refractivity contribution in [1.82, 2.24) is 5.32 Å². The van der Waals surface area contributed by atoms with Crippen LogP contribution in [0.25, 0.3) is 0 Å². The summed E-state index contributed by atoms with van der Waals surface area (Å²) < 4.78 is 17.7. The van der Waals surface area contributed by atoms with E-state index in [1.807, 2.05) is 6.08 Å². The number of allylic oxidation sites excluding steroid dienone is 11. The molecule has 0 aromatic heterocycles. The van der Waals surface area contributed by atoms with E-state index in [0.717, 1.165) is 96.3 Å². The molecule has 482 valence electrons. The summed E-state index contributed by atoms with van der Waals surface area (Å²) in [6.07, 6.45) is 66.5. The van der Waals surface area contributed by atoms with Crippen LogP contribution in [0.5, 0.6) is 0 Å². The molecule has 11 heteroatoms. The largest absolute Gasteiger partial charge is 0.454 e. The second-order valence-corrected chi connectivity index (χ2v) is 23.9. The molecule has 0 bridgehead atoms. The molecule has 8 unspecified atom stereocenters. The first-order valence-electron chi connectivity index (χ1n) is 34.7. The van der Waals surface area contributed by atoms with Crippen LogP contribution in [0.4, 0.5) is 0 Å². The molecule has 0 aromatic rings. The number of nitrogens with one attached hydrogen (secondary N) is 1. The van der Waals surface area contributed by atoms with E-state index < -0.39 is 67.4 Å². The van der Waals surface area contributed by atoms with Crippen molar-refractivity contribution in [3.05, 3.63) is 72.9 Å². The fourth-order valence-corrected chi connectivity index (χ4v) is 10.7. The third-order valence-corrected chi connectivity index (χ3v) is 16.1. The first-order chi connectivity index (χ1) is 40.7. The van der Waals surface area contributed by atoms with Gasteiger partial charge in [-0.25, -0.2) is 0 Å². The second kappa shape index (κ2) is 59.4. The highest BCUT2D eigenvalue weighted by molar-refractivity contribution is 5.80. The van der Waals surface area contributed by atoms with Crippen LogP contribution in [-0.4, -0.2) is 99.6 Å². The molecule has 0 spiro atoms. The van der Waals surface area contributed by atoms with Crippen LogP contribution in [0, 0.1) is 0 Å². The number of esters is 1. The molecule has 1 rings (SSSR count). The number of hydrogen-bond acceptors (Lipinski definition) is 10. The third-order valence-electron chi connectivity index (χ3n) is 16.1. The molecule has 1 aliphatic rings. The molecule has 0 radical (unpaired) electrons. The van der Waals surface area contributed by atoms with Crippen molar-refractivity contribution in [3.8, 4) is 0 Å². The molecule has 1 aliphatic heterocycles. The average molecular weight is 1170 g/mol. The molecule has 0 aliphatic carbocycles. The number of aliphatic hydroxyl groups is 5. The lowest BCUT2D eigenvalue weighted by atomic mass is 9.99. The van der Waals surface area contributed by atoms with Gasteiger partial charge in [0, 0.05) is 6.42 Å². The van der Waals surface area contributed by atoms with Crippen LogP contribution in [0.2, 0.25) is 0 Å². The summed E-state index contributed by atoms with van der Waals surface area (Å²) in [6, 6.07) is -1.04. The van der Waals surface area contributed by atoms with E-state index in [2.05, 4.69) is 86.8 Å². The number of amides is 1. The topological polar surface area (TPSA) is 175 Å². The van der Waals surface area contributed by atoms with Gasteiger partial charge >= 0.3 is 5.97 Å². The van der Waals surface area contributed by atoms with Crippen LogP contribution >= 0.6 is 0 Å². The number of carbonyl (C=O) groups excluding carboxylic acids is 2. The lowest BCUT2D eigenvalue weighted by Gasteiger charge is -2.41. The minimum Gasteiger partial charge on any atom is -0.454 e. The maximum atomic E-state index is 13.5. The van der Waals surface area contributed by atoms with Crippen molar-refractivity contribution >= 4 is 11.9 Å². The van der Waals surface area contributed by atoms with Crippen LogP contribution in [-0.2, 0) is 23.8 Å². The van der Waals surface area contributed by atoms with Crippen molar-refractivity contribution in [3.63, 3.8) is 0 Å². The van der Waals surface area contributed by atoms with Crippen molar-refractivity contribution < 1.29 is 49.3 Å². The predicted octanol–water partition coefficient (Wildman–Crippen LogP) is 17.5. The summed E-state index contributed by atoms with van der Waals surface area (Å²) in [6.45, 7) is 5.70. The summed E-state index contributed by atoms with van der Waals surface area (Å²) in [5, 5.41) is 57.2. The number of rotatable bonds is 59. The molecule has 0 saturated carbocycles. The van der Waals surface area contributed by atoms with Gasteiger partial charge in [-0.05, 0) is 70.6 Å². The molecular weight excluding hydrogens is 1040 g/mol. The zero-order valence-corrected chi connectivity index (χ0v) is 53.6. The highest BCUT2D eigenvalue weighted by atomic mass is 16.7. The smallest absolute Gasteiger partial charge is 0.306 e. The fourth-order valence-electron chi connectivity index (χ4n) is 10.7. The zero-order chi connectivity index (χ0) is 60.3. The first kappa shape index (κ1) is 78.1. The molecule has 11 nitrogen and oxygen atoms in total. The minimum absolute atomic E-state index is 0.123. The van der Waals surface area contributed by atoms with Gasteiger partial charge in [-0.3, -0.25) is 9.59 Å². The number of carbonyl (C=O) groups is 2. The molecule has 0 aromatic carbocycles. The van der Waals surface area contributed by atoms with Crippen LogP contribution < -0.4 is 5.32 Å². The molecule has 1 heterocycles. The second-order valence-electron chi connectivity index (χ2n) is 23.9. The Morgan fingerprint density at radius 3 is 1.30 bits per heavy atom. The highest BCUT2D eigenvalue weighted by Gasteiger charge is 2.47. The summed E-state index contributed by atoms with van der Waals surface area (Å²) in [5.41, 5.74) is 0. The minimum atomic E-state index is -1.62. The maximum absolute atomic E-state index is 13.5. The normalized spacial score (nSPS) is 19.0. The molecule has 8 atom stereocenters. The highest BCUT2D eigenvalue weighted by Crippen LogP contribution is 2.26. The Hall–Kier alpha value is -2.90. The van der Waals surface area contributed by atoms with Gasteiger partial charge in [0.05, 0.1) is 25.4 Å². The molecular formula is C72H129NO10. The number of hydrogen-bond donors (Lipinski definition) is 6. The van der Waals surface area contributed by atoms with E-state index in [-0.39, 0.29) is 19.4 Å². The fraction of sp³-hybridized carbons (Fsp3) is 0.806. The van der Waals surface area contributed by atoms with E-state index in [1.54, 1.807) is 6.08 Å². The van der Waals surface area contributed by atoms with Gasteiger partial charge in [-0.2, -0.15) is 0 Å². The number of unbranched alkanes of at least 4 members (excludes halogenated alkanes) is 35. The lowest BCUT2D eigenvalue weighted by Crippen LogP contribution is -2.61. The Balaban J connectivity index is 2.63. The van der Waals surface area contributed by atoms with Crippen molar-refractivity contribution in [2.45, 2.75) is 359 Å².